The van der Waals surface area contributed by atoms with Gasteiger partial charge in [0.2, 0.25) is 15.8 Å². The van der Waals surface area contributed by atoms with Gasteiger partial charge in [-0.15, -0.1) is 0 Å². The van der Waals surface area contributed by atoms with Gasteiger partial charge >= 0.3 is 5.97 Å². The number of ketones is 1. The van der Waals surface area contributed by atoms with Crippen molar-refractivity contribution in [2.45, 2.75) is 46.4 Å². The van der Waals surface area contributed by atoms with Crippen LogP contribution in [0, 0.1) is 17.6 Å². The minimum atomic E-state index is -3.93. The van der Waals surface area contributed by atoms with Crippen LogP contribution in [-0.4, -0.2) is 41.5 Å². The summed E-state index contributed by atoms with van der Waals surface area (Å²) in [4.78, 5) is 30.8. The number of aromatic nitrogens is 2. The number of pyridine rings is 1. The largest absolute Gasteiger partial charge is 0.443 e. The molecule has 0 radical (unpaired) electrons. The molecule has 2 atom stereocenters. The highest BCUT2D eigenvalue weighted by Crippen LogP contribution is 2.31. The average Bonchev–Trinajstić information content (AvgIpc) is 3.34. The molecule has 228 valence electrons. The van der Waals surface area contributed by atoms with Gasteiger partial charge in [-0.05, 0) is 48.2 Å². The molecule has 0 aliphatic carbocycles. The molecule has 0 bridgehead atoms. The van der Waals surface area contributed by atoms with Gasteiger partial charge in [0, 0.05) is 28.4 Å². The van der Waals surface area contributed by atoms with Crippen LogP contribution in [0.1, 0.15) is 49.5 Å². The van der Waals surface area contributed by atoms with Crippen molar-refractivity contribution < 1.29 is 31.5 Å². The molecule has 0 fully saturated rings. The van der Waals surface area contributed by atoms with Gasteiger partial charge in [-0.25, -0.2) is 22.2 Å². The molecule has 2 aromatic carbocycles. The monoisotopic (exact) mass is 632 g/mol. The van der Waals surface area contributed by atoms with E-state index in [-0.39, 0.29) is 41.4 Å². The van der Waals surface area contributed by atoms with E-state index >= 15 is 8.78 Å². The molecule has 0 saturated heterocycles. The van der Waals surface area contributed by atoms with Gasteiger partial charge in [0.15, 0.2) is 12.5 Å². The van der Waals surface area contributed by atoms with Crippen LogP contribution in [0.15, 0.2) is 54.9 Å². The SMILES string of the molecule is CCCS(=O)(=O)Nc1ccc(F)c(C(=O)c2cn(COC(=O)[C@H](N)C(C)CC)c3ncc(-c4ccc(Cl)cc4)cc23)c1F. The highest BCUT2D eigenvalue weighted by atomic mass is 35.5. The first kappa shape index (κ1) is 32.1. The second kappa shape index (κ2) is 13.2. The number of nitrogens with one attached hydrogen (secondary N) is 1. The Morgan fingerprint density at radius 3 is 2.47 bits per heavy atom. The van der Waals surface area contributed by atoms with Crippen molar-refractivity contribution in [2.24, 2.45) is 11.7 Å². The molecule has 3 N–H and O–H groups in total. The number of carbonyl (C=O) groups is 2. The summed E-state index contributed by atoms with van der Waals surface area (Å²) in [5.41, 5.74) is 5.81. The van der Waals surface area contributed by atoms with Crippen LogP contribution >= 0.6 is 11.6 Å². The highest BCUT2D eigenvalue weighted by Gasteiger charge is 2.28. The molecule has 2 aromatic heterocycles. The summed E-state index contributed by atoms with van der Waals surface area (Å²) < 4.78 is 64.0. The number of nitrogens with zero attached hydrogens (tertiary/aromatic N) is 2. The van der Waals surface area contributed by atoms with E-state index in [1.807, 2.05) is 13.8 Å². The van der Waals surface area contributed by atoms with E-state index in [1.54, 1.807) is 37.3 Å². The van der Waals surface area contributed by atoms with Crippen molar-refractivity contribution in [3.05, 3.63) is 82.6 Å². The molecule has 0 aliphatic rings. The number of hydrogen-bond donors (Lipinski definition) is 2. The predicted molar refractivity (Wildman–Crippen MR) is 161 cm³/mol. The number of carbonyl (C=O) groups excluding carboxylic acids is 2. The summed E-state index contributed by atoms with van der Waals surface area (Å²) in [6, 6.07) is 9.31. The number of fused-ring (bicyclic) bond motifs is 1. The first-order chi connectivity index (χ1) is 20.4. The molecule has 0 amide bonds. The van der Waals surface area contributed by atoms with E-state index in [9.17, 15) is 18.0 Å². The van der Waals surface area contributed by atoms with Gasteiger partial charge in [-0.1, -0.05) is 50.9 Å². The summed E-state index contributed by atoms with van der Waals surface area (Å²) >= 11 is 6.02. The van der Waals surface area contributed by atoms with Crippen molar-refractivity contribution in [3.8, 4) is 11.1 Å². The minimum absolute atomic E-state index is 0.140. The third-order valence-corrected chi connectivity index (χ3v) is 8.80. The number of hydrogen-bond acceptors (Lipinski definition) is 7. The van der Waals surface area contributed by atoms with E-state index in [0.717, 1.165) is 12.1 Å². The maximum absolute atomic E-state index is 15.6. The Labute approximate surface area is 253 Å². The molecule has 43 heavy (non-hydrogen) atoms. The summed E-state index contributed by atoms with van der Waals surface area (Å²) in [5.74, 6) is -4.70. The molecule has 0 spiro atoms. The molecule has 4 rings (SSSR count). The van der Waals surface area contributed by atoms with Gasteiger partial charge in [-0.2, -0.15) is 0 Å². The number of anilines is 1. The van der Waals surface area contributed by atoms with Crippen LogP contribution in [0.25, 0.3) is 22.2 Å². The molecule has 9 nitrogen and oxygen atoms in total. The Morgan fingerprint density at radius 2 is 1.81 bits per heavy atom. The van der Waals surface area contributed by atoms with Crippen LogP contribution in [0.3, 0.4) is 0 Å². The third-order valence-electron chi connectivity index (χ3n) is 7.07. The Balaban J connectivity index is 1.81. The van der Waals surface area contributed by atoms with Crippen LogP contribution in [0.2, 0.25) is 5.02 Å². The lowest BCUT2D eigenvalue weighted by atomic mass is 10.00. The van der Waals surface area contributed by atoms with Crippen molar-refractivity contribution in [2.75, 3.05) is 10.5 Å². The first-order valence-corrected chi connectivity index (χ1v) is 15.6. The summed E-state index contributed by atoms with van der Waals surface area (Å²) in [6.45, 7) is 4.96. The third kappa shape index (κ3) is 7.03. The lowest BCUT2D eigenvalue weighted by Crippen LogP contribution is -2.38. The molecule has 1 unspecified atom stereocenters. The van der Waals surface area contributed by atoms with Gasteiger partial charge in [0.05, 0.1) is 22.6 Å². The number of rotatable bonds is 12. The van der Waals surface area contributed by atoms with Crippen molar-refractivity contribution in [1.82, 2.24) is 9.55 Å². The van der Waals surface area contributed by atoms with Gasteiger partial charge < -0.3 is 10.5 Å². The van der Waals surface area contributed by atoms with E-state index < -0.39 is 50.7 Å². The Hall–Kier alpha value is -3.87. The Bertz CT molecular complexity index is 1780. The molecular formula is C30H31ClF2N4O5S. The summed E-state index contributed by atoms with van der Waals surface area (Å²) in [6.07, 6.45) is 3.73. The lowest BCUT2D eigenvalue weighted by molar-refractivity contribution is -0.150. The first-order valence-electron chi connectivity index (χ1n) is 13.6. The number of esters is 1. The number of halogens is 3. The minimum Gasteiger partial charge on any atom is -0.443 e. The second-order valence-corrected chi connectivity index (χ2v) is 12.4. The predicted octanol–water partition coefficient (Wildman–Crippen LogP) is 5.89. The summed E-state index contributed by atoms with van der Waals surface area (Å²) in [7, 11) is -3.93. The normalized spacial score (nSPS) is 13.1. The topological polar surface area (TPSA) is 133 Å². The van der Waals surface area contributed by atoms with E-state index in [2.05, 4.69) is 9.71 Å². The van der Waals surface area contributed by atoms with Crippen LogP contribution in [0.4, 0.5) is 14.5 Å². The van der Waals surface area contributed by atoms with E-state index in [0.29, 0.717) is 22.6 Å². The van der Waals surface area contributed by atoms with Crippen molar-refractivity contribution in [1.29, 1.82) is 0 Å². The zero-order valence-corrected chi connectivity index (χ0v) is 25.3. The van der Waals surface area contributed by atoms with Gasteiger partial charge in [0.1, 0.15) is 17.5 Å². The standard InChI is InChI=1S/C30H31ClF2N4O5S/c1-4-12-43(40,41)36-24-11-10-23(32)25(26(24)33)28(38)22-15-37(16-42-30(39)27(34)17(3)5-2)29-21(22)13-19(14-35-29)18-6-8-20(31)9-7-18/h6-11,13-15,17,27,36H,4-5,12,16,34H2,1-3H3/t17?,27-/m1/s1. The zero-order valence-electron chi connectivity index (χ0n) is 23.7. The highest BCUT2D eigenvalue weighted by molar-refractivity contribution is 7.92. The Morgan fingerprint density at radius 1 is 1.12 bits per heavy atom. The van der Waals surface area contributed by atoms with Crippen LogP contribution in [0.5, 0.6) is 0 Å². The molecule has 4 aromatic rings. The summed E-state index contributed by atoms with van der Waals surface area (Å²) in [5, 5.41) is 0.730. The fraction of sp³-hybridized carbons (Fsp3) is 0.300. The van der Waals surface area contributed by atoms with Gasteiger partial charge in [0.25, 0.3) is 0 Å². The molecular weight excluding hydrogens is 602 g/mol. The molecule has 13 heteroatoms. The van der Waals surface area contributed by atoms with Crippen LogP contribution in [-0.2, 0) is 26.3 Å². The number of sulfonamides is 1. The van der Waals surface area contributed by atoms with E-state index in [4.69, 9.17) is 22.1 Å². The van der Waals surface area contributed by atoms with E-state index in [1.165, 1.54) is 17.0 Å². The van der Waals surface area contributed by atoms with Gasteiger partial charge in [-0.3, -0.25) is 18.9 Å². The maximum Gasteiger partial charge on any atom is 0.324 e. The number of ether oxygens (including phenoxy) is 1. The molecule has 0 aliphatic heterocycles. The maximum atomic E-state index is 15.6. The fourth-order valence-electron chi connectivity index (χ4n) is 4.43. The zero-order chi connectivity index (χ0) is 31.5. The second-order valence-electron chi connectivity index (χ2n) is 10.2. The van der Waals surface area contributed by atoms with Crippen LogP contribution < -0.4 is 10.5 Å². The quantitative estimate of drug-likeness (QED) is 0.147. The number of benzene rings is 2. The smallest absolute Gasteiger partial charge is 0.324 e. The number of nitrogens with two attached hydrogens (primary N) is 1. The average molecular weight is 633 g/mol. The Kier molecular flexibility index (Phi) is 9.83. The molecule has 2 heterocycles. The molecule has 0 saturated carbocycles. The lowest BCUT2D eigenvalue weighted by Gasteiger charge is -2.17. The fourth-order valence-corrected chi connectivity index (χ4v) is 5.69. The van der Waals surface area contributed by atoms with Crippen molar-refractivity contribution in [3.63, 3.8) is 0 Å². The van der Waals surface area contributed by atoms with Crippen molar-refractivity contribution >= 4 is 50.1 Å².